The Morgan fingerprint density at radius 1 is 0.389 bits per heavy atom. The minimum atomic E-state index is -0.655. The summed E-state index contributed by atoms with van der Waals surface area (Å²) in [5.41, 5.74) is 16.9. The van der Waals surface area contributed by atoms with Crippen LogP contribution < -0.4 is 32.6 Å². The lowest BCUT2D eigenvalue weighted by Gasteiger charge is -2.10. The van der Waals surface area contributed by atoms with Gasteiger partial charge in [-0.3, -0.25) is 61.3 Å². The first-order valence-corrected chi connectivity index (χ1v) is 16.4. The van der Waals surface area contributed by atoms with Crippen molar-refractivity contribution in [2.75, 3.05) is 0 Å². The van der Waals surface area contributed by atoms with Gasteiger partial charge >= 0.3 is 0 Å². The van der Waals surface area contributed by atoms with Crippen molar-refractivity contribution in [2.24, 2.45) is 0 Å². The molecule has 0 saturated heterocycles. The first kappa shape index (κ1) is 43.1. The zero-order chi connectivity index (χ0) is 40.5. The number of aryl methyl sites for hydroxylation is 4. The molecule has 0 fully saturated rings. The molecule has 16 heteroatoms. The Balaban J connectivity index is 0.000000286. The van der Waals surface area contributed by atoms with Crippen LogP contribution in [-0.4, -0.2) is 55.9 Å². The van der Waals surface area contributed by atoms with Gasteiger partial charge in [-0.2, -0.15) is 0 Å². The summed E-state index contributed by atoms with van der Waals surface area (Å²) in [6.45, 7) is 10.5. The van der Waals surface area contributed by atoms with Gasteiger partial charge in [0.1, 0.15) is 23.0 Å². The number of rotatable bonds is 6. The van der Waals surface area contributed by atoms with E-state index in [1.807, 2.05) is 0 Å². The standard InChI is InChI=1S/C16H16N2O4.2C11H14N2O3/c1-9-3-5-11(13(19)7-9)15(21)17-18-16(22)12-6-4-10(2)8-14(12)20;2*1-3-10(15)12-13-11(16)8-5-4-7(2)6-9(8)14/h3-8,19-20H,1-2H3,(H,17,21)(H,18,22);2*4-6,14H,3H2,1-2H3,(H,12,15)(H,13,16). The molecule has 0 unspecified atom stereocenters. The fraction of sp³-hybridized carbons (Fsp3) is 0.211. The molecule has 0 aliphatic heterocycles. The number of hydrogen-bond acceptors (Lipinski definition) is 10. The van der Waals surface area contributed by atoms with Crippen LogP contribution in [0, 0.1) is 27.7 Å². The Bertz CT molecular complexity index is 1870. The van der Waals surface area contributed by atoms with Crippen molar-refractivity contribution in [3.8, 4) is 23.0 Å². The summed E-state index contributed by atoms with van der Waals surface area (Å²) in [7, 11) is 0. The lowest BCUT2D eigenvalue weighted by atomic mass is 10.1. The average molecular weight is 745 g/mol. The topological polar surface area (TPSA) is 256 Å². The molecule has 0 radical (unpaired) electrons. The van der Waals surface area contributed by atoms with Crippen molar-refractivity contribution >= 4 is 35.4 Å². The van der Waals surface area contributed by atoms with Gasteiger partial charge in [-0.05, 0) is 98.5 Å². The summed E-state index contributed by atoms with van der Waals surface area (Å²) in [5, 5.41) is 38.4. The van der Waals surface area contributed by atoms with E-state index in [4.69, 9.17) is 0 Å². The van der Waals surface area contributed by atoms with Gasteiger partial charge < -0.3 is 20.4 Å². The molecule has 6 amide bonds. The van der Waals surface area contributed by atoms with Crippen LogP contribution in [0.1, 0.15) is 90.4 Å². The Labute approximate surface area is 311 Å². The maximum atomic E-state index is 11.9. The van der Waals surface area contributed by atoms with Crippen molar-refractivity contribution in [1.82, 2.24) is 32.6 Å². The van der Waals surface area contributed by atoms with E-state index in [0.29, 0.717) is 0 Å². The number of aromatic hydroxyl groups is 4. The number of benzene rings is 4. The number of phenolic OH excluding ortho intramolecular Hbond substituents is 4. The molecule has 10 N–H and O–H groups in total. The lowest BCUT2D eigenvalue weighted by Crippen LogP contribution is -2.41. The summed E-state index contributed by atoms with van der Waals surface area (Å²) < 4.78 is 0. The summed E-state index contributed by atoms with van der Waals surface area (Å²) in [5.74, 6) is -3.55. The zero-order valence-corrected chi connectivity index (χ0v) is 30.6. The maximum Gasteiger partial charge on any atom is 0.273 e. The molecule has 286 valence electrons. The van der Waals surface area contributed by atoms with Crippen molar-refractivity contribution in [2.45, 2.75) is 54.4 Å². The van der Waals surface area contributed by atoms with Crippen molar-refractivity contribution in [3.05, 3.63) is 117 Å². The molecule has 4 aromatic carbocycles. The van der Waals surface area contributed by atoms with Crippen LogP contribution in [0.4, 0.5) is 0 Å². The van der Waals surface area contributed by atoms with Gasteiger partial charge in [0.25, 0.3) is 23.6 Å². The predicted octanol–water partition coefficient (Wildman–Crippen LogP) is 3.53. The summed E-state index contributed by atoms with van der Waals surface area (Å²) in [6.07, 6.45) is 0.556. The van der Waals surface area contributed by atoms with E-state index < -0.39 is 23.6 Å². The van der Waals surface area contributed by atoms with Crippen molar-refractivity contribution < 1.29 is 49.2 Å². The van der Waals surface area contributed by atoms with Crippen LogP contribution >= 0.6 is 0 Å². The second-order valence-electron chi connectivity index (χ2n) is 11.7. The fourth-order valence-electron chi connectivity index (χ4n) is 4.15. The van der Waals surface area contributed by atoms with Gasteiger partial charge in [0.2, 0.25) is 11.8 Å². The Morgan fingerprint density at radius 2 is 0.593 bits per heavy atom. The largest absolute Gasteiger partial charge is 0.507 e. The Hall–Kier alpha value is -7.10. The van der Waals surface area contributed by atoms with E-state index in [2.05, 4.69) is 32.6 Å². The highest BCUT2D eigenvalue weighted by atomic mass is 16.3. The van der Waals surface area contributed by atoms with Gasteiger partial charge in [-0.1, -0.05) is 38.1 Å². The molecule has 0 aromatic heterocycles. The Morgan fingerprint density at radius 3 is 0.778 bits per heavy atom. The minimum Gasteiger partial charge on any atom is -0.507 e. The number of phenols is 4. The molecule has 0 saturated carbocycles. The van der Waals surface area contributed by atoms with Crippen LogP contribution in [0.5, 0.6) is 23.0 Å². The molecule has 4 rings (SSSR count). The number of nitrogens with one attached hydrogen (secondary N) is 6. The first-order valence-electron chi connectivity index (χ1n) is 16.4. The van der Waals surface area contributed by atoms with Crippen molar-refractivity contribution in [1.29, 1.82) is 0 Å². The third kappa shape index (κ3) is 13.6. The highest BCUT2D eigenvalue weighted by Crippen LogP contribution is 2.20. The van der Waals surface area contributed by atoms with Gasteiger partial charge in [0.15, 0.2) is 0 Å². The molecule has 16 nitrogen and oxygen atoms in total. The summed E-state index contributed by atoms with van der Waals surface area (Å²) in [4.78, 5) is 68.6. The minimum absolute atomic E-state index is 0.0408. The number of carbonyl (C=O) groups excluding carboxylic acids is 6. The second kappa shape index (κ2) is 20.7. The molecule has 4 aromatic rings. The van der Waals surface area contributed by atoms with E-state index >= 15 is 0 Å². The third-order valence-electron chi connectivity index (χ3n) is 7.15. The summed E-state index contributed by atoms with van der Waals surface area (Å²) >= 11 is 0. The number of hydrogen-bond donors (Lipinski definition) is 10. The molecular formula is C38H44N6O10. The molecule has 0 aliphatic rings. The molecule has 54 heavy (non-hydrogen) atoms. The fourth-order valence-corrected chi connectivity index (χ4v) is 4.15. The molecular weight excluding hydrogens is 700 g/mol. The van der Waals surface area contributed by atoms with Crippen LogP contribution in [0.3, 0.4) is 0 Å². The van der Waals surface area contributed by atoms with Gasteiger partial charge in [-0.15, -0.1) is 0 Å². The van der Waals surface area contributed by atoms with Crippen LogP contribution in [0.2, 0.25) is 0 Å². The van der Waals surface area contributed by atoms with E-state index in [1.54, 1.807) is 65.8 Å². The predicted molar refractivity (Wildman–Crippen MR) is 198 cm³/mol. The molecule has 0 heterocycles. The average Bonchev–Trinajstić information content (AvgIpc) is 3.12. The third-order valence-corrected chi connectivity index (χ3v) is 7.15. The number of hydrazine groups is 3. The van der Waals surface area contributed by atoms with Gasteiger partial charge in [0, 0.05) is 12.8 Å². The molecule has 0 spiro atoms. The quantitative estimate of drug-likeness (QED) is 0.129. The number of amides is 6. The smallest absolute Gasteiger partial charge is 0.273 e. The molecule has 0 atom stereocenters. The first-order chi connectivity index (χ1) is 25.5. The van der Waals surface area contributed by atoms with Crippen LogP contribution in [-0.2, 0) is 9.59 Å². The lowest BCUT2D eigenvalue weighted by molar-refractivity contribution is -0.122. The van der Waals surface area contributed by atoms with E-state index in [0.717, 1.165) is 22.3 Å². The molecule has 0 bridgehead atoms. The SMILES string of the molecule is CCC(=O)NNC(=O)c1ccc(C)cc1O.CCC(=O)NNC(=O)c1ccc(C)cc1O.Cc1ccc(C(=O)NNC(=O)c2ccc(C)cc2O)c(O)c1. The monoisotopic (exact) mass is 744 g/mol. The normalized spacial score (nSPS) is 9.81. The molecule has 0 aliphatic carbocycles. The maximum absolute atomic E-state index is 11.9. The van der Waals surface area contributed by atoms with E-state index in [1.165, 1.54) is 48.5 Å². The van der Waals surface area contributed by atoms with Crippen molar-refractivity contribution in [3.63, 3.8) is 0 Å². The highest BCUT2D eigenvalue weighted by molar-refractivity contribution is 6.01. The Kier molecular flexibility index (Phi) is 16.5. The van der Waals surface area contributed by atoms with Gasteiger partial charge in [0.05, 0.1) is 22.3 Å². The van der Waals surface area contributed by atoms with Crippen LogP contribution in [0.25, 0.3) is 0 Å². The number of carbonyl (C=O) groups is 6. The second-order valence-corrected chi connectivity index (χ2v) is 11.7. The summed E-state index contributed by atoms with van der Waals surface area (Å²) in [6, 6.07) is 18.5. The van der Waals surface area contributed by atoms with E-state index in [-0.39, 0.29) is 69.9 Å². The zero-order valence-electron chi connectivity index (χ0n) is 30.6. The highest BCUT2D eigenvalue weighted by Gasteiger charge is 2.15. The van der Waals surface area contributed by atoms with E-state index in [9.17, 15) is 49.2 Å². The van der Waals surface area contributed by atoms with Crippen LogP contribution in [0.15, 0.2) is 72.8 Å². The van der Waals surface area contributed by atoms with Gasteiger partial charge in [-0.25, -0.2) is 0 Å².